The lowest BCUT2D eigenvalue weighted by Gasteiger charge is -2.07. The third kappa shape index (κ3) is 3.01. The van der Waals surface area contributed by atoms with Crippen molar-refractivity contribution in [2.24, 2.45) is 0 Å². The van der Waals surface area contributed by atoms with Crippen LogP contribution in [0.2, 0.25) is 0 Å². The minimum Gasteiger partial charge on any atom is -0.241 e. The fourth-order valence-electron chi connectivity index (χ4n) is 2.49. The predicted octanol–water partition coefficient (Wildman–Crippen LogP) is 4.83. The Hall–Kier alpha value is -2.38. The highest BCUT2D eigenvalue weighted by atomic mass is 79.9. The summed E-state index contributed by atoms with van der Waals surface area (Å²) >= 11 is 5.31. The molecule has 5 nitrogen and oxygen atoms in total. The maximum atomic E-state index is 4.69. The molecule has 2 aromatic carbocycles. The first-order valence-corrected chi connectivity index (χ1v) is 9.33. The molecule has 25 heavy (non-hydrogen) atoms. The van der Waals surface area contributed by atoms with Crippen molar-refractivity contribution < 1.29 is 0 Å². The van der Waals surface area contributed by atoms with E-state index in [1.165, 1.54) is 4.88 Å². The number of rotatable bonds is 3. The van der Waals surface area contributed by atoms with E-state index in [0.29, 0.717) is 5.82 Å². The van der Waals surface area contributed by atoms with Crippen molar-refractivity contribution in [3.05, 3.63) is 63.6 Å². The monoisotopic (exact) mass is 411 g/mol. The molecule has 2 aromatic heterocycles. The van der Waals surface area contributed by atoms with Gasteiger partial charge in [-0.2, -0.15) is 0 Å². The van der Waals surface area contributed by atoms with Gasteiger partial charge in [-0.3, -0.25) is 0 Å². The molecule has 0 fully saturated rings. The highest BCUT2D eigenvalue weighted by Gasteiger charge is 2.18. The Balaban J connectivity index is 1.84. The summed E-state index contributed by atoms with van der Waals surface area (Å²) in [6, 6.07) is 15.8. The van der Waals surface area contributed by atoms with Crippen LogP contribution in [0.3, 0.4) is 0 Å². The minimum absolute atomic E-state index is 0.595. The molecule has 0 bridgehead atoms. The Kier molecular flexibility index (Phi) is 4.19. The summed E-state index contributed by atoms with van der Waals surface area (Å²) in [7, 11) is 0. The third-order valence-corrected chi connectivity index (χ3v) is 5.65. The zero-order chi connectivity index (χ0) is 17.4. The lowest BCUT2D eigenvalue weighted by Crippen LogP contribution is -2.02. The highest BCUT2D eigenvalue weighted by Crippen LogP contribution is 2.36. The number of aromatic nitrogens is 5. The lowest BCUT2D eigenvalue weighted by molar-refractivity contribution is 0.721. The van der Waals surface area contributed by atoms with Gasteiger partial charge in [0.1, 0.15) is 5.01 Å². The molecule has 0 amide bonds. The fraction of sp³-hybridized carbons (Fsp3) is 0.111. The van der Waals surface area contributed by atoms with E-state index in [0.717, 1.165) is 32.0 Å². The number of thiazole rings is 1. The Bertz CT molecular complexity index is 1020. The molecule has 0 unspecified atom stereocenters. The predicted molar refractivity (Wildman–Crippen MR) is 103 cm³/mol. The first-order chi connectivity index (χ1) is 12.1. The van der Waals surface area contributed by atoms with Crippen LogP contribution in [-0.4, -0.2) is 25.2 Å². The molecule has 124 valence electrons. The van der Waals surface area contributed by atoms with E-state index in [1.807, 2.05) is 55.5 Å². The molecule has 4 rings (SSSR count). The minimum atomic E-state index is 0.595. The average molecular weight is 412 g/mol. The summed E-state index contributed by atoms with van der Waals surface area (Å²) < 4.78 is 0.956. The molecular formula is C18H14BrN5S. The van der Waals surface area contributed by atoms with E-state index < -0.39 is 0 Å². The Morgan fingerprint density at radius 1 is 1.00 bits per heavy atom. The van der Waals surface area contributed by atoms with Gasteiger partial charge < -0.3 is 0 Å². The largest absolute Gasteiger partial charge is 0.241 e. The van der Waals surface area contributed by atoms with Gasteiger partial charge >= 0.3 is 0 Å². The number of hydrogen-bond acceptors (Lipinski definition) is 5. The second-order valence-corrected chi connectivity index (χ2v) is 7.62. The number of aryl methyl sites for hydroxylation is 2. The van der Waals surface area contributed by atoms with Gasteiger partial charge in [-0.15, -0.1) is 26.3 Å². The maximum absolute atomic E-state index is 4.69. The fourth-order valence-corrected chi connectivity index (χ4v) is 4.15. The zero-order valence-corrected chi connectivity index (χ0v) is 16.0. The van der Waals surface area contributed by atoms with Gasteiger partial charge in [0, 0.05) is 14.9 Å². The second-order valence-electron chi connectivity index (χ2n) is 5.56. The Morgan fingerprint density at radius 2 is 1.80 bits per heavy atom. The SMILES string of the molecule is Cc1nc(-c2c(Br)cccc2-n2nnc(-c3ccccc3)n2)sc1C. The van der Waals surface area contributed by atoms with Crippen LogP contribution in [0.25, 0.3) is 27.6 Å². The molecular weight excluding hydrogens is 398 g/mol. The average Bonchev–Trinajstić information content (AvgIpc) is 3.23. The van der Waals surface area contributed by atoms with E-state index in [1.54, 1.807) is 16.1 Å². The van der Waals surface area contributed by atoms with Crippen LogP contribution >= 0.6 is 27.3 Å². The van der Waals surface area contributed by atoms with Gasteiger partial charge in [-0.1, -0.05) is 36.4 Å². The van der Waals surface area contributed by atoms with Gasteiger partial charge in [-0.25, -0.2) is 4.98 Å². The number of benzene rings is 2. The van der Waals surface area contributed by atoms with Crippen LogP contribution in [-0.2, 0) is 0 Å². The summed E-state index contributed by atoms with van der Waals surface area (Å²) in [5, 5.41) is 13.9. The van der Waals surface area contributed by atoms with Gasteiger partial charge in [0.15, 0.2) is 0 Å². The van der Waals surface area contributed by atoms with Crippen molar-refractivity contribution in [1.82, 2.24) is 25.2 Å². The van der Waals surface area contributed by atoms with Crippen molar-refractivity contribution in [3.8, 4) is 27.6 Å². The van der Waals surface area contributed by atoms with Crippen LogP contribution in [0, 0.1) is 13.8 Å². The summed E-state index contributed by atoms with van der Waals surface area (Å²) in [5.74, 6) is 0.595. The first kappa shape index (κ1) is 16.1. The molecule has 0 radical (unpaired) electrons. The third-order valence-electron chi connectivity index (χ3n) is 3.90. The van der Waals surface area contributed by atoms with Gasteiger partial charge in [0.25, 0.3) is 0 Å². The molecule has 0 atom stereocenters. The van der Waals surface area contributed by atoms with E-state index in [-0.39, 0.29) is 0 Å². The molecule has 0 aliphatic rings. The standard InChI is InChI=1S/C18H14BrN5S/c1-11-12(2)25-18(20-11)16-14(19)9-6-10-15(16)24-22-17(21-23-24)13-7-4-3-5-8-13/h3-10H,1-2H3. The van der Waals surface area contributed by atoms with Crippen LogP contribution in [0.4, 0.5) is 0 Å². The molecule has 4 aromatic rings. The Labute approximate surface area is 157 Å². The lowest BCUT2D eigenvalue weighted by atomic mass is 10.2. The topological polar surface area (TPSA) is 56.5 Å². The van der Waals surface area contributed by atoms with E-state index in [9.17, 15) is 0 Å². The van der Waals surface area contributed by atoms with Gasteiger partial charge in [0.2, 0.25) is 5.82 Å². The van der Waals surface area contributed by atoms with Crippen molar-refractivity contribution in [2.75, 3.05) is 0 Å². The normalized spacial score (nSPS) is 11.0. The van der Waals surface area contributed by atoms with Crippen molar-refractivity contribution in [3.63, 3.8) is 0 Å². The number of nitrogens with zero attached hydrogens (tertiary/aromatic N) is 5. The van der Waals surface area contributed by atoms with Gasteiger partial charge in [0.05, 0.1) is 16.9 Å². The molecule has 7 heteroatoms. The summed E-state index contributed by atoms with van der Waals surface area (Å²) in [4.78, 5) is 7.46. The van der Waals surface area contributed by atoms with Crippen LogP contribution in [0.15, 0.2) is 53.0 Å². The van der Waals surface area contributed by atoms with Gasteiger partial charge in [-0.05, 0) is 47.1 Å². The first-order valence-electron chi connectivity index (χ1n) is 7.72. The van der Waals surface area contributed by atoms with Crippen LogP contribution in [0.5, 0.6) is 0 Å². The summed E-state index contributed by atoms with van der Waals surface area (Å²) in [5.41, 5.74) is 3.79. The molecule has 0 aliphatic heterocycles. The maximum Gasteiger partial charge on any atom is 0.205 e. The van der Waals surface area contributed by atoms with Crippen LogP contribution in [0.1, 0.15) is 10.6 Å². The zero-order valence-electron chi connectivity index (χ0n) is 13.6. The summed E-state index contributed by atoms with van der Waals surface area (Å²) in [6.07, 6.45) is 0. The number of halogens is 1. The molecule has 0 N–H and O–H groups in total. The molecule has 0 saturated carbocycles. The number of hydrogen-bond donors (Lipinski definition) is 0. The van der Waals surface area contributed by atoms with E-state index >= 15 is 0 Å². The van der Waals surface area contributed by atoms with E-state index in [4.69, 9.17) is 4.98 Å². The summed E-state index contributed by atoms with van der Waals surface area (Å²) in [6.45, 7) is 4.10. The smallest absolute Gasteiger partial charge is 0.205 e. The van der Waals surface area contributed by atoms with Crippen molar-refractivity contribution in [1.29, 1.82) is 0 Å². The van der Waals surface area contributed by atoms with Crippen molar-refractivity contribution >= 4 is 27.3 Å². The second kappa shape index (κ2) is 6.50. The quantitative estimate of drug-likeness (QED) is 0.484. The van der Waals surface area contributed by atoms with Crippen LogP contribution < -0.4 is 0 Å². The molecule has 0 aliphatic carbocycles. The van der Waals surface area contributed by atoms with E-state index in [2.05, 4.69) is 38.3 Å². The van der Waals surface area contributed by atoms with Crippen molar-refractivity contribution in [2.45, 2.75) is 13.8 Å². The number of tetrazole rings is 1. The molecule has 2 heterocycles. The molecule has 0 saturated heterocycles. The Morgan fingerprint density at radius 3 is 2.52 bits per heavy atom. The molecule has 0 spiro atoms. The highest BCUT2D eigenvalue weighted by molar-refractivity contribution is 9.10.